The van der Waals surface area contributed by atoms with Gasteiger partial charge < -0.3 is 5.32 Å². The molecule has 5 heteroatoms. The van der Waals surface area contributed by atoms with E-state index < -0.39 is 0 Å². The Morgan fingerprint density at radius 1 is 1.21 bits per heavy atom. The lowest BCUT2D eigenvalue weighted by Gasteiger charge is -2.32. The zero-order valence-electron chi connectivity index (χ0n) is 13.3. The smallest absolute Gasteiger partial charge is 0.228 e. The van der Waals surface area contributed by atoms with Crippen molar-refractivity contribution in [2.45, 2.75) is 19.4 Å². The summed E-state index contributed by atoms with van der Waals surface area (Å²) in [4.78, 5) is 14.7. The van der Waals surface area contributed by atoms with Gasteiger partial charge in [0.1, 0.15) is 5.82 Å². The zero-order chi connectivity index (χ0) is 16.9. The number of carbonyl (C=O) groups excluding carboxylic acids is 1. The first kappa shape index (κ1) is 17.1. The molecule has 3 rings (SSSR count). The summed E-state index contributed by atoms with van der Waals surface area (Å²) >= 11 is 3.45. The van der Waals surface area contributed by atoms with E-state index in [1.54, 1.807) is 12.1 Å². The number of piperidine rings is 1. The van der Waals surface area contributed by atoms with Crippen molar-refractivity contribution < 1.29 is 9.18 Å². The number of likely N-dealkylation sites (tertiary alicyclic amines) is 1. The third-order valence-corrected chi connectivity index (χ3v) is 5.05. The van der Waals surface area contributed by atoms with Crippen molar-refractivity contribution in [1.29, 1.82) is 0 Å². The van der Waals surface area contributed by atoms with E-state index in [4.69, 9.17) is 0 Å². The lowest BCUT2D eigenvalue weighted by molar-refractivity contribution is -0.121. The normalized spacial score (nSPS) is 18.3. The van der Waals surface area contributed by atoms with Crippen molar-refractivity contribution in [3.63, 3.8) is 0 Å². The molecule has 1 saturated heterocycles. The Bertz CT molecular complexity index is 722. The Hall–Kier alpha value is -1.72. The standard InChI is InChI=1S/C19H20BrFN2O/c20-16-8-2-4-10-18(16)22-19(24)15-7-5-11-23(13-15)12-14-6-1-3-9-17(14)21/h1-4,6,8-10,15H,5,7,11-13H2,(H,22,24). The first-order chi connectivity index (χ1) is 11.6. The predicted octanol–water partition coefficient (Wildman–Crippen LogP) is 4.44. The lowest BCUT2D eigenvalue weighted by atomic mass is 9.96. The monoisotopic (exact) mass is 390 g/mol. The highest BCUT2D eigenvalue weighted by molar-refractivity contribution is 9.10. The van der Waals surface area contributed by atoms with Crippen LogP contribution < -0.4 is 5.32 Å². The van der Waals surface area contributed by atoms with Crippen LogP contribution in [-0.2, 0) is 11.3 Å². The molecule has 0 bridgehead atoms. The molecule has 1 unspecified atom stereocenters. The van der Waals surface area contributed by atoms with Gasteiger partial charge in [-0.15, -0.1) is 0 Å². The quantitative estimate of drug-likeness (QED) is 0.836. The molecule has 0 aliphatic carbocycles. The van der Waals surface area contributed by atoms with Crippen molar-refractivity contribution >= 4 is 27.5 Å². The van der Waals surface area contributed by atoms with Gasteiger partial charge in [-0.3, -0.25) is 9.69 Å². The van der Waals surface area contributed by atoms with Gasteiger partial charge >= 0.3 is 0 Å². The molecule has 1 heterocycles. The first-order valence-corrected chi connectivity index (χ1v) is 8.94. The number of hydrogen-bond donors (Lipinski definition) is 1. The molecule has 0 aromatic heterocycles. The van der Waals surface area contributed by atoms with Crippen LogP contribution in [0.3, 0.4) is 0 Å². The molecular weight excluding hydrogens is 371 g/mol. The molecule has 1 aliphatic rings. The summed E-state index contributed by atoms with van der Waals surface area (Å²) in [5.74, 6) is -0.227. The van der Waals surface area contributed by atoms with E-state index in [-0.39, 0.29) is 17.6 Å². The molecule has 0 saturated carbocycles. The summed E-state index contributed by atoms with van der Waals surface area (Å²) in [7, 11) is 0. The maximum Gasteiger partial charge on any atom is 0.228 e. The summed E-state index contributed by atoms with van der Waals surface area (Å²) < 4.78 is 14.7. The molecule has 1 aliphatic heterocycles. The zero-order valence-corrected chi connectivity index (χ0v) is 14.9. The molecule has 0 radical (unpaired) electrons. The van der Waals surface area contributed by atoms with Gasteiger partial charge in [-0.1, -0.05) is 30.3 Å². The topological polar surface area (TPSA) is 32.3 Å². The molecule has 0 spiro atoms. The van der Waals surface area contributed by atoms with Crippen molar-refractivity contribution in [3.05, 3.63) is 64.4 Å². The maximum absolute atomic E-state index is 13.8. The average Bonchev–Trinajstić information content (AvgIpc) is 2.59. The Kier molecular flexibility index (Phi) is 5.63. The number of hydrogen-bond acceptors (Lipinski definition) is 2. The van der Waals surface area contributed by atoms with Crippen LogP contribution in [0.5, 0.6) is 0 Å². The van der Waals surface area contributed by atoms with Crippen molar-refractivity contribution in [2.75, 3.05) is 18.4 Å². The molecule has 1 fully saturated rings. The van der Waals surface area contributed by atoms with Crippen LogP contribution in [0, 0.1) is 11.7 Å². The molecule has 1 N–H and O–H groups in total. The molecular formula is C19H20BrFN2O. The van der Waals surface area contributed by atoms with Gasteiger partial charge in [-0.2, -0.15) is 0 Å². The van der Waals surface area contributed by atoms with E-state index in [2.05, 4.69) is 26.1 Å². The van der Waals surface area contributed by atoms with E-state index in [1.807, 2.05) is 30.3 Å². The third-order valence-electron chi connectivity index (χ3n) is 4.36. The summed E-state index contributed by atoms with van der Waals surface area (Å²) in [5, 5.41) is 2.99. The van der Waals surface area contributed by atoms with Crippen LogP contribution >= 0.6 is 15.9 Å². The SMILES string of the molecule is O=C(Nc1ccccc1Br)C1CCCN(Cc2ccccc2F)C1. The summed E-state index contributed by atoms with van der Waals surface area (Å²) in [6.07, 6.45) is 1.81. The second-order valence-electron chi connectivity index (χ2n) is 6.13. The van der Waals surface area contributed by atoms with Gasteiger partial charge in [0.05, 0.1) is 11.6 Å². The second-order valence-corrected chi connectivity index (χ2v) is 6.99. The number of nitrogens with one attached hydrogen (secondary N) is 1. The lowest BCUT2D eigenvalue weighted by Crippen LogP contribution is -2.40. The number of para-hydroxylation sites is 1. The minimum Gasteiger partial charge on any atom is -0.325 e. The molecule has 1 atom stereocenters. The largest absolute Gasteiger partial charge is 0.325 e. The Balaban J connectivity index is 1.62. The van der Waals surface area contributed by atoms with Gasteiger partial charge in [0.15, 0.2) is 0 Å². The van der Waals surface area contributed by atoms with Crippen molar-refractivity contribution in [3.8, 4) is 0 Å². The van der Waals surface area contributed by atoms with E-state index in [0.717, 1.165) is 29.5 Å². The molecule has 3 nitrogen and oxygen atoms in total. The number of benzene rings is 2. The van der Waals surface area contributed by atoms with Gasteiger partial charge in [-0.25, -0.2) is 4.39 Å². The van der Waals surface area contributed by atoms with E-state index in [0.29, 0.717) is 18.7 Å². The predicted molar refractivity (Wildman–Crippen MR) is 97.2 cm³/mol. The van der Waals surface area contributed by atoms with Crippen LogP contribution in [0.15, 0.2) is 53.0 Å². The number of rotatable bonds is 4. The molecule has 2 aromatic carbocycles. The first-order valence-electron chi connectivity index (χ1n) is 8.14. The molecule has 24 heavy (non-hydrogen) atoms. The van der Waals surface area contributed by atoms with Crippen LogP contribution in [0.1, 0.15) is 18.4 Å². The van der Waals surface area contributed by atoms with Crippen LogP contribution in [0.2, 0.25) is 0 Å². The number of amides is 1. The van der Waals surface area contributed by atoms with Gasteiger partial charge in [0, 0.05) is 23.1 Å². The van der Waals surface area contributed by atoms with Crippen molar-refractivity contribution in [2.24, 2.45) is 5.92 Å². The number of anilines is 1. The number of carbonyl (C=O) groups is 1. The fourth-order valence-electron chi connectivity index (χ4n) is 3.08. The highest BCUT2D eigenvalue weighted by atomic mass is 79.9. The van der Waals surface area contributed by atoms with Crippen LogP contribution in [-0.4, -0.2) is 23.9 Å². The minimum absolute atomic E-state index is 0.0279. The Labute approximate surface area is 150 Å². The molecule has 126 valence electrons. The van der Waals surface area contributed by atoms with Gasteiger partial charge in [0.25, 0.3) is 0 Å². The average molecular weight is 391 g/mol. The Morgan fingerprint density at radius 3 is 2.75 bits per heavy atom. The van der Waals surface area contributed by atoms with Gasteiger partial charge in [0.2, 0.25) is 5.91 Å². The number of nitrogens with zero attached hydrogens (tertiary/aromatic N) is 1. The highest BCUT2D eigenvalue weighted by Crippen LogP contribution is 2.24. The highest BCUT2D eigenvalue weighted by Gasteiger charge is 2.26. The minimum atomic E-state index is -0.183. The van der Waals surface area contributed by atoms with Crippen LogP contribution in [0.25, 0.3) is 0 Å². The fourth-order valence-corrected chi connectivity index (χ4v) is 3.46. The van der Waals surface area contributed by atoms with Gasteiger partial charge in [-0.05, 0) is 53.5 Å². The molecule has 2 aromatic rings. The maximum atomic E-state index is 13.8. The van der Waals surface area contributed by atoms with Crippen molar-refractivity contribution in [1.82, 2.24) is 4.90 Å². The number of halogens is 2. The summed E-state index contributed by atoms with van der Waals surface area (Å²) in [6, 6.07) is 14.4. The van der Waals surface area contributed by atoms with E-state index >= 15 is 0 Å². The fraction of sp³-hybridized carbons (Fsp3) is 0.316. The molecule has 1 amide bonds. The van der Waals surface area contributed by atoms with E-state index in [1.165, 1.54) is 6.07 Å². The van der Waals surface area contributed by atoms with Crippen LogP contribution in [0.4, 0.5) is 10.1 Å². The second kappa shape index (κ2) is 7.90. The summed E-state index contributed by atoms with van der Waals surface area (Å²) in [5.41, 5.74) is 1.47. The third kappa shape index (κ3) is 4.22. The Morgan fingerprint density at radius 2 is 1.96 bits per heavy atom. The van der Waals surface area contributed by atoms with E-state index in [9.17, 15) is 9.18 Å². The summed E-state index contributed by atoms with van der Waals surface area (Å²) in [6.45, 7) is 2.10.